The summed E-state index contributed by atoms with van der Waals surface area (Å²) in [7, 11) is -2.23. The third kappa shape index (κ3) is 11.3. The van der Waals surface area contributed by atoms with Crippen molar-refractivity contribution in [2.75, 3.05) is 19.1 Å². The first-order chi connectivity index (χ1) is 22.6. The molecule has 7 atom stereocenters. The van der Waals surface area contributed by atoms with Crippen molar-refractivity contribution >= 4 is 43.8 Å². The first kappa shape index (κ1) is 37.8. The van der Waals surface area contributed by atoms with Gasteiger partial charge in [0.05, 0.1) is 24.5 Å². The summed E-state index contributed by atoms with van der Waals surface area (Å²) in [6, 6.07) is 20.1. The Balaban J connectivity index is 1.57. The van der Waals surface area contributed by atoms with Gasteiger partial charge in [-0.05, 0) is 98.4 Å². The van der Waals surface area contributed by atoms with E-state index in [1.165, 1.54) is 0 Å². The van der Waals surface area contributed by atoms with Crippen LogP contribution in [-0.2, 0) is 41.9 Å². The molecule has 7 unspecified atom stereocenters. The lowest BCUT2D eigenvalue weighted by molar-refractivity contribution is -0.132. The Labute approximate surface area is 287 Å². The highest BCUT2D eigenvalue weighted by atomic mass is 32.2. The maximum absolute atomic E-state index is 13.9. The molecule has 0 radical (unpaired) electrons. The van der Waals surface area contributed by atoms with Gasteiger partial charge in [0.25, 0.3) is 0 Å². The van der Waals surface area contributed by atoms with E-state index in [-0.39, 0.29) is 42.4 Å². The summed E-state index contributed by atoms with van der Waals surface area (Å²) in [5.74, 6) is -1.65. The average molecular weight is 700 g/mol. The van der Waals surface area contributed by atoms with Crippen LogP contribution in [0.1, 0.15) is 52.0 Å². The number of amides is 2. The van der Waals surface area contributed by atoms with E-state index in [0.29, 0.717) is 17.7 Å². The van der Waals surface area contributed by atoms with Gasteiger partial charge in [0.1, 0.15) is 11.8 Å². The van der Waals surface area contributed by atoms with Crippen LogP contribution in [0.25, 0.3) is 10.8 Å². The molecule has 1 aliphatic carbocycles. The molecule has 48 heavy (non-hydrogen) atoms. The number of nitrogens with one attached hydrogen (secondary N) is 3. The van der Waals surface area contributed by atoms with Gasteiger partial charge in [-0.15, -0.1) is 0 Å². The summed E-state index contributed by atoms with van der Waals surface area (Å²) >= 11 is -1.73. The van der Waals surface area contributed by atoms with E-state index < -0.39 is 50.8 Å². The molecule has 0 heterocycles. The minimum absolute atomic E-state index is 0.0588. The Bertz CT molecular complexity index is 1630. The molecule has 12 heteroatoms. The summed E-state index contributed by atoms with van der Waals surface area (Å²) in [4.78, 5) is 27.7. The van der Waals surface area contributed by atoms with Crippen LogP contribution in [0.4, 0.5) is 0 Å². The Hall–Kier alpha value is -3.00. The van der Waals surface area contributed by atoms with Crippen molar-refractivity contribution in [1.82, 2.24) is 15.4 Å². The second-order valence-corrected chi connectivity index (χ2v) is 17.1. The molecule has 262 valence electrons. The number of benzene rings is 3. The molecule has 3 aromatic carbocycles. The van der Waals surface area contributed by atoms with E-state index in [2.05, 4.69) is 15.4 Å². The number of carbonyl (C=O) groups excluding carboxylic acids is 2. The highest BCUT2D eigenvalue weighted by Gasteiger charge is 2.39. The van der Waals surface area contributed by atoms with Crippen LogP contribution in [0.2, 0.25) is 0 Å². The van der Waals surface area contributed by atoms with E-state index in [9.17, 15) is 27.7 Å². The predicted molar refractivity (Wildman–Crippen MR) is 189 cm³/mol. The van der Waals surface area contributed by atoms with Crippen molar-refractivity contribution in [1.29, 1.82) is 0 Å². The molecule has 2 amide bonds. The monoisotopic (exact) mass is 699 g/mol. The molecule has 4 rings (SSSR count). The number of aliphatic hydroxyl groups is 1. The highest BCUT2D eigenvalue weighted by Crippen LogP contribution is 2.36. The van der Waals surface area contributed by atoms with Gasteiger partial charge < -0.3 is 25.0 Å². The van der Waals surface area contributed by atoms with Gasteiger partial charge >= 0.3 is 0 Å². The second-order valence-electron chi connectivity index (χ2n) is 13.8. The lowest BCUT2D eigenvalue weighted by Crippen LogP contribution is -2.55. The van der Waals surface area contributed by atoms with Gasteiger partial charge in [-0.3, -0.25) is 9.59 Å². The largest absolute Gasteiger partial charge is 0.611 e. The van der Waals surface area contributed by atoms with Crippen LogP contribution in [0.5, 0.6) is 0 Å². The smallest absolute Gasteiger partial charge is 0.243 e. The standard InChI is InChI=1S/C36H49N3O7S2/c1-36(2,3)38-34(41)30-18-16-28(46-4)20-27(30)22-33(40)31(19-24-11-7-6-8-12-24)37-35(42)32(39-48(5,44)45)23-47(43)29-17-15-25-13-9-10-14-26(25)21-29/h6-15,17,21,27-28,30-33,39-40H,16,18-20,22-23H2,1-5H3,(H,37,42)(H,38,41). The quantitative estimate of drug-likeness (QED) is 0.187. The molecule has 4 N–H and O–H groups in total. The molecule has 0 spiro atoms. The lowest BCUT2D eigenvalue weighted by Gasteiger charge is -2.38. The summed E-state index contributed by atoms with van der Waals surface area (Å²) in [6.45, 7) is 5.78. The zero-order valence-electron chi connectivity index (χ0n) is 28.3. The number of ether oxygens (including phenoxy) is 1. The van der Waals surface area contributed by atoms with Gasteiger partial charge in [0.2, 0.25) is 21.8 Å². The van der Waals surface area contributed by atoms with E-state index in [4.69, 9.17) is 4.74 Å². The van der Waals surface area contributed by atoms with Crippen LogP contribution >= 0.6 is 0 Å². The van der Waals surface area contributed by atoms with Crippen LogP contribution in [0.15, 0.2) is 77.7 Å². The highest BCUT2D eigenvalue weighted by molar-refractivity contribution is 7.91. The van der Waals surface area contributed by atoms with Crippen molar-refractivity contribution in [2.45, 2.75) is 87.6 Å². The maximum Gasteiger partial charge on any atom is 0.243 e. The molecule has 1 aliphatic rings. The third-order valence-corrected chi connectivity index (χ3v) is 10.8. The van der Waals surface area contributed by atoms with Gasteiger partial charge in [-0.2, -0.15) is 4.72 Å². The van der Waals surface area contributed by atoms with Gasteiger partial charge in [0, 0.05) is 24.6 Å². The fourth-order valence-electron chi connectivity index (χ4n) is 6.39. The lowest BCUT2D eigenvalue weighted by atomic mass is 9.73. The Kier molecular flexibility index (Phi) is 13.1. The van der Waals surface area contributed by atoms with Crippen LogP contribution in [0.3, 0.4) is 0 Å². The fourth-order valence-corrected chi connectivity index (χ4v) is 8.41. The zero-order valence-corrected chi connectivity index (χ0v) is 30.0. The average Bonchev–Trinajstić information content (AvgIpc) is 3.02. The first-order valence-corrected chi connectivity index (χ1v) is 19.5. The summed E-state index contributed by atoms with van der Waals surface area (Å²) in [5, 5.41) is 19.6. The van der Waals surface area contributed by atoms with Gasteiger partial charge in [-0.25, -0.2) is 8.42 Å². The number of sulfonamides is 1. The van der Waals surface area contributed by atoms with E-state index in [1.54, 1.807) is 19.2 Å². The van der Waals surface area contributed by atoms with Crippen molar-refractivity contribution < 1.29 is 32.4 Å². The van der Waals surface area contributed by atoms with Crippen molar-refractivity contribution in [3.8, 4) is 0 Å². The van der Waals surface area contributed by atoms with Crippen LogP contribution in [-0.4, -0.2) is 78.8 Å². The summed E-state index contributed by atoms with van der Waals surface area (Å²) in [6.07, 6.45) is 2.18. The number of fused-ring (bicyclic) bond motifs is 1. The Morgan fingerprint density at radius 2 is 1.69 bits per heavy atom. The number of rotatable bonds is 14. The zero-order chi connectivity index (χ0) is 35.1. The first-order valence-electron chi connectivity index (χ1n) is 16.3. The predicted octanol–water partition coefficient (Wildman–Crippen LogP) is 3.69. The molecule has 10 nitrogen and oxygen atoms in total. The molecule has 0 bridgehead atoms. The number of hydrogen-bond acceptors (Lipinski definition) is 7. The van der Waals surface area contributed by atoms with Crippen LogP contribution in [0, 0.1) is 11.8 Å². The molecule has 1 saturated carbocycles. The number of carbonyl (C=O) groups is 2. The molecule has 0 aromatic heterocycles. The molecule has 0 saturated heterocycles. The molecular formula is C36H49N3O7S2. The van der Waals surface area contributed by atoms with Crippen molar-refractivity contribution in [3.63, 3.8) is 0 Å². The molecule has 3 aromatic rings. The van der Waals surface area contributed by atoms with E-state index in [0.717, 1.165) is 29.0 Å². The van der Waals surface area contributed by atoms with Gasteiger partial charge in [-0.1, -0.05) is 54.6 Å². The molecular weight excluding hydrogens is 651 g/mol. The minimum atomic E-state index is -3.88. The number of hydrogen-bond donors (Lipinski definition) is 4. The minimum Gasteiger partial charge on any atom is -0.611 e. The van der Waals surface area contributed by atoms with Crippen molar-refractivity contribution in [2.24, 2.45) is 11.8 Å². The Morgan fingerprint density at radius 3 is 2.33 bits per heavy atom. The van der Waals surface area contributed by atoms with E-state index in [1.807, 2.05) is 81.4 Å². The van der Waals surface area contributed by atoms with Gasteiger partial charge in [0.15, 0.2) is 4.90 Å². The maximum atomic E-state index is 13.9. The van der Waals surface area contributed by atoms with Crippen LogP contribution < -0.4 is 15.4 Å². The topological polar surface area (TPSA) is 157 Å². The fraction of sp³-hybridized carbons (Fsp3) is 0.500. The molecule has 1 fully saturated rings. The normalized spacial score (nSPS) is 21.2. The van der Waals surface area contributed by atoms with Crippen molar-refractivity contribution in [3.05, 3.63) is 78.4 Å². The summed E-state index contributed by atoms with van der Waals surface area (Å²) < 4.78 is 46.3. The third-order valence-electron chi connectivity index (χ3n) is 8.71. The SMILES string of the molecule is COC1CCC(C(=O)NC(C)(C)C)C(CC(O)C(Cc2ccccc2)NC(=O)C(C[S+]([O-])c2ccc3ccccc3c2)NS(C)(=O)=O)C1. The molecule has 0 aliphatic heterocycles. The Morgan fingerprint density at radius 1 is 1.02 bits per heavy atom. The second kappa shape index (κ2) is 16.6. The van der Waals surface area contributed by atoms with E-state index >= 15 is 0 Å². The number of methoxy groups -OCH3 is 1. The summed E-state index contributed by atoms with van der Waals surface area (Å²) in [5.41, 5.74) is 0.436. The number of aliphatic hydroxyl groups excluding tert-OH is 1.